The van der Waals surface area contributed by atoms with Gasteiger partial charge >= 0.3 is 6.18 Å². The summed E-state index contributed by atoms with van der Waals surface area (Å²) in [5, 5.41) is 13.3. The zero-order valence-electron chi connectivity index (χ0n) is 12.5. The third-order valence-electron chi connectivity index (χ3n) is 3.01. The molecule has 0 heterocycles. The fraction of sp³-hybridized carbons (Fsp3) is 0.438. The van der Waals surface area contributed by atoms with Crippen molar-refractivity contribution in [3.8, 4) is 0 Å². The lowest BCUT2D eigenvalue weighted by molar-refractivity contribution is -0.136. The molecule has 0 saturated carbocycles. The van der Waals surface area contributed by atoms with Gasteiger partial charge in [0.15, 0.2) is 0 Å². The minimum Gasteiger partial charge on any atom is -0.389 e. The van der Waals surface area contributed by atoms with Crippen molar-refractivity contribution >= 4 is 11.9 Å². The first-order valence-electron chi connectivity index (χ1n) is 7.25. The van der Waals surface area contributed by atoms with Gasteiger partial charge in [0.25, 0.3) is 0 Å². The van der Waals surface area contributed by atoms with Crippen LogP contribution in [0.25, 0.3) is 0 Å². The second-order valence-corrected chi connectivity index (χ2v) is 4.88. The number of rotatable bonds is 8. The Kier molecular flexibility index (Phi) is 7.66. The van der Waals surface area contributed by atoms with Crippen LogP contribution in [0.2, 0.25) is 0 Å². The maximum atomic E-state index is 12.7. The lowest BCUT2D eigenvalue weighted by atomic mass is 10.1. The smallest absolute Gasteiger partial charge is 0.389 e. The maximum Gasteiger partial charge on any atom is 0.418 e. The molecule has 3 nitrogen and oxygen atoms in total. The standard InChI is InChI=1S/C16H21F3N2O/c1-2-3-4-8-13(22)9-7-12-20-21-15-11-6-5-10-14(15)16(17,18)19/h5-7,9-13,21-22H,2-4,8H2,1H3/b9-7+,20-12+. The summed E-state index contributed by atoms with van der Waals surface area (Å²) in [6.07, 6.45) is 3.17. The highest BCUT2D eigenvalue weighted by Crippen LogP contribution is 2.34. The molecule has 0 saturated heterocycles. The van der Waals surface area contributed by atoms with E-state index in [1.54, 1.807) is 6.08 Å². The topological polar surface area (TPSA) is 44.6 Å². The van der Waals surface area contributed by atoms with Crippen LogP contribution in [-0.2, 0) is 6.18 Å². The van der Waals surface area contributed by atoms with Gasteiger partial charge in [0.1, 0.15) is 0 Å². The Morgan fingerprint density at radius 3 is 2.68 bits per heavy atom. The van der Waals surface area contributed by atoms with Crippen LogP contribution in [0.4, 0.5) is 18.9 Å². The number of anilines is 1. The molecule has 1 rings (SSSR count). The van der Waals surface area contributed by atoms with Crippen molar-refractivity contribution in [3.63, 3.8) is 0 Å². The zero-order valence-corrected chi connectivity index (χ0v) is 12.5. The highest BCUT2D eigenvalue weighted by Gasteiger charge is 2.33. The molecule has 1 atom stereocenters. The number of nitrogens with zero attached hydrogens (tertiary/aromatic N) is 1. The number of nitrogens with one attached hydrogen (secondary N) is 1. The fourth-order valence-electron chi connectivity index (χ4n) is 1.86. The number of aliphatic hydroxyl groups is 1. The van der Waals surface area contributed by atoms with Crippen LogP contribution in [0, 0.1) is 0 Å². The van der Waals surface area contributed by atoms with Gasteiger partial charge in [-0.3, -0.25) is 5.43 Å². The van der Waals surface area contributed by atoms with Gasteiger partial charge in [-0.2, -0.15) is 18.3 Å². The van der Waals surface area contributed by atoms with E-state index in [0.29, 0.717) is 6.42 Å². The molecule has 0 radical (unpaired) electrons. The van der Waals surface area contributed by atoms with Crippen molar-refractivity contribution in [2.75, 3.05) is 5.43 Å². The molecule has 2 N–H and O–H groups in total. The van der Waals surface area contributed by atoms with Gasteiger partial charge in [0.2, 0.25) is 0 Å². The van der Waals surface area contributed by atoms with Gasteiger partial charge in [-0.05, 0) is 24.6 Å². The maximum absolute atomic E-state index is 12.7. The lowest BCUT2D eigenvalue weighted by Crippen LogP contribution is -2.08. The Balaban J connectivity index is 2.50. The predicted octanol–water partition coefficient (Wildman–Crippen LogP) is 4.60. The predicted molar refractivity (Wildman–Crippen MR) is 82.8 cm³/mol. The number of unbranched alkanes of at least 4 members (excludes halogenated alkanes) is 2. The van der Waals surface area contributed by atoms with E-state index in [0.717, 1.165) is 25.3 Å². The van der Waals surface area contributed by atoms with Crippen molar-refractivity contribution in [1.82, 2.24) is 0 Å². The average Bonchev–Trinajstić information content (AvgIpc) is 2.46. The molecule has 0 aliphatic heterocycles. The second kappa shape index (κ2) is 9.25. The van der Waals surface area contributed by atoms with E-state index in [2.05, 4.69) is 17.5 Å². The third kappa shape index (κ3) is 6.76. The van der Waals surface area contributed by atoms with E-state index in [1.165, 1.54) is 30.5 Å². The molecule has 1 aromatic carbocycles. The molecule has 22 heavy (non-hydrogen) atoms. The highest BCUT2D eigenvalue weighted by molar-refractivity contribution is 5.72. The van der Waals surface area contributed by atoms with Gasteiger partial charge in [0.05, 0.1) is 17.4 Å². The molecule has 0 amide bonds. The van der Waals surface area contributed by atoms with Crippen LogP contribution in [0.15, 0.2) is 41.5 Å². The van der Waals surface area contributed by atoms with Crippen LogP contribution in [-0.4, -0.2) is 17.4 Å². The first-order chi connectivity index (χ1) is 10.4. The average molecular weight is 314 g/mol. The highest BCUT2D eigenvalue weighted by atomic mass is 19.4. The molecule has 0 aliphatic rings. The molecule has 0 fully saturated rings. The van der Waals surface area contributed by atoms with Gasteiger partial charge in [-0.15, -0.1) is 0 Å². The summed E-state index contributed by atoms with van der Waals surface area (Å²) in [5.74, 6) is 0. The number of halogens is 3. The van der Waals surface area contributed by atoms with Crippen LogP contribution in [0.3, 0.4) is 0 Å². The first kappa shape index (κ1) is 18.2. The molecule has 6 heteroatoms. The largest absolute Gasteiger partial charge is 0.418 e. The Hall–Kier alpha value is -1.82. The molecule has 1 aromatic rings. The molecule has 0 aliphatic carbocycles. The Morgan fingerprint density at radius 1 is 1.27 bits per heavy atom. The first-order valence-corrected chi connectivity index (χ1v) is 7.25. The Morgan fingerprint density at radius 2 is 2.00 bits per heavy atom. The van der Waals surface area contributed by atoms with E-state index in [1.807, 2.05) is 0 Å². The summed E-state index contributed by atoms with van der Waals surface area (Å²) in [5.41, 5.74) is 1.49. The number of hydrogen-bond acceptors (Lipinski definition) is 3. The minimum absolute atomic E-state index is 0.108. The number of hydrogen-bond donors (Lipinski definition) is 2. The van der Waals surface area contributed by atoms with Crippen LogP contribution in [0.5, 0.6) is 0 Å². The summed E-state index contributed by atoms with van der Waals surface area (Å²) in [4.78, 5) is 0. The summed E-state index contributed by atoms with van der Waals surface area (Å²) >= 11 is 0. The molecule has 122 valence electrons. The minimum atomic E-state index is -4.43. The van der Waals surface area contributed by atoms with Crippen molar-refractivity contribution in [2.24, 2.45) is 5.10 Å². The van der Waals surface area contributed by atoms with Crippen molar-refractivity contribution in [2.45, 2.75) is 44.9 Å². The summed E-state index contributed by atoms with van der Waals surface area (Å²) in [7, 11) is 0. The number of hydrazone groups is 1. The number of allylic oxidation sites excluding steroid dienone is 1. The number of para-hydroxylation sites is 1. The lowest BCUT2D eigenvalue weighted by Gasteiger charge is -2.11. The Bertz CT molecular complexity index is 498. The van der Waals surface area contributed by atoms with E-state index in [4.69, 9.17) is 0 Å². The van der Waals surface area contributed by atoms with Gasteiger partial charge in [0, 0.05) is 6.21 Å². The van der Waals surface area contributed by atoms with E-state index in [9.17, 15) is 18.3 Å². The van der Waals surface area contributed by atoms with Gasteiger partial charge in [-0.1, -0.05) is 44.4 Å². The van der Waals surface area contributed by atoms with E-state index >= 15 is 0 Å². The van der Waals surface area contributed by atoms with Crippen molar-refractivity contribution in [1.29, 1.82) is 0 Å². The second-order valence-electron chi connectivity index (χ2n) is 4.88. The number of alkyl halides is 3. The third-order valence-corrected chi connectivity index (χ3v) is 3.01. The summed E-state index contributed by atoms with van der Waals surface area (Å²) in [6, 6.07) is 5.12. The zero-order chi connectivity index (χ0) is 16.4. The number of aliphatic hydroxyl groups excluding tert-OH is 1. The normalized spacial score (nSPS) is 13.9. The van der Waals surface area contributed by atoms with Crippen LogP contribution in [0.1, 0.15) is 38.2 Å². The summed E-state index contributed by atoms with van der Waals surface area (Å²) < 4.78 is 38.2. The molecule has 0 spiro atoms. The van der Waals surface area contributed by atoms with Crippen LogP contribution < -0.4 is 5.43 Å². The fourth-order valence-corrected chi connectivity index (χ4v) is 1.86. The van der Waals surface area contributed by atoms with Crippen LogP contribution >= 0.6 is 0 Å². The quantitative estimate of drug-likeness (QED) is 0.418. The van der Waals surface area contributed by atoms with Crippen molar-refractivity contribution in [3.05, 3.63) is 42.0 Å². The SMILES string of the molecule is CCCCCC(O)/C=C/C=N/Nc1ccccc1C(F)(F)F. The van der Waals surface area contributed by atoms with Gasteiger partial charge < -0.3 is 5.11 Å². The molecular weight excluding hydrogens is 293 g/mol. The number of benzene rings is 1. The molecule has 0 bridgehead atoms. The van der Waals surface area contributed by atoms with E-state index in [-0.39, 0.29) is 5.69 Å². The van der Waals surface area contributed by atoms with E-state index < -0.39 is 17.8 Å². The monoisotopic (exact) mass is 314 g/mol. The van der Waals surface area contributed by atoms with Crippen molar-refractivity contribution < 1.29 is 18.3 Å². The summed E-state index contributed by atoms with van der Waals surface area (Å²) in [6.45, 7) is 2.08. The molecule has 1 unspecified atom stereocenters. The molecule has 0 aromatic heterocycles. The van der Waals surface area contributed by atoms with Gasteiger partial charge in [-0.25, -0.2) is 0 Å². The Labute approximate surface area is 128 Å². The molecular formula is C16H21F3N2O.